The van der Waals surface area contributed by atoms with Crippen molar-refractivity contribution in [3.05, 3.63) is 115 Å². The molecule has 3 aromatic rings. The van der Waals surface area contributed by atoms with Crippen LogP contribution in [0.15, 0.2) is 66.7 Å². The second-order valence-corrected chi connectivity index (χ2v) is 8.92. The molecule has 4 aliphatic rings. The minimum absolute atomic E-state index is 0.0876. The Kier molecular flexibility index (Phi) is 3.91. The molecule has 0 saturated carbocycles. The van der Waals surface area contributed by atoms with Crippen LogP contribution in [0.3, 0.4) is 0 Å². The maximum Gasteiger partial charge on any atom is 0.285 e. The van der Waals surface area contributed by atoms with Crippen molar-refractivity contribution in [1.29, 1.82) is 0 Å². The Morgan fingerprint density at radius 1 is 0.853 bits per heavy atom. The highest BCUT2D eigenvalue weighted by Gasteiger charge is 2.74. The fraction of sp³-hybridized carbons (Fsp3) is 0.200. The number of aryl methyl sites for hydroxylation is 1. The van der Waals surface area contributed by atoms with Gasteiger partial charge in [-0.25, -0.2) is 4.90 Å². The molecule has 2 amide bonds. The Labute approximate surface area is 192 Å². The molecule has 168 valence electrons. The van der Waals surface area contributed by atoms with Gasteiger partial charge in [0.25, 0.3) is 11.2 Å². The van der Waals surface area contributed by atoms with Crippen LogP contribution in [0.2, 0.25) is 0 Å². The molecule has 34 heavy (non-hydrogen) atoms. The smallest absolute Gasteiger partial charge is 0.274 e. The molecule has 1 fully saturated rings. The molecular weight excluding hydrogens is 438 g/mol. The summed E-state index contributed by atoms with van der Waals surface area (Å²) >= 11 is 0. The average molecular weight is 455 g/mol. The van der Waals surface area contributed by atoms with Crippen LogP contribution in [0.25, 0.3) is 0 Å². The number of non-ortho nitro benzene ring substituents is 1. The van der Waals surface area contributed by atoms with Crippen molar-refractivity contribution < 1.29 is 19.4 Å². The lowest BCUT2D eigenvalue weighted by atomic mass is 9.51. The highest BCUT2D eigenvalue weighted by atomic mass is 16.6. The molecule has 0 N–H and O–H groups in total. The van der Waals surface area contributed by atoms with Crippen molar-refractivity contribution in [2.24, 2.45) is 11.8 Å². The molecule has 1 saturated heterocycles. The van der Waals surface area contributed by atoms with Crippen LogP contribution in [0.1, 0.15) is 33.7 Å². The molecule has 2 bridgehead atoms. The number of amides is 2. The van der Waals surface area contributed by atoms with Gasteiger partial charge in [-0.2, -0.15) is 0 Å². The van der Waals surface area contributed by atoms with E-state index < -0.39 is 45.0 Å². The van der Waals surface area contributed by atoms with Crippen LogP contribution in [0.4, 0.5) is 11.4 Å². The van der Waals surface area contributed by atoms with Crippen LogP contribution in [0, 0.1) is 39.0 Å². The standard InChI is InChI=1S/C25H17N3O6/c1-13-10-11-14(27(31)32)12-19(13)26-23(29)21-20-15-6-2-4-8-17(15)25(28(33)34,22(21)24(26)30)18-9-5-3-7-16(18)20/h2-12,20-22H,1H3/t20?,21-,22-,25?/m1/s1. The Balaban J connectivity index is 1.65. The van der Waals surface area contributed by atoms with Crippen LogP contribution < -0.4 is 4.90 Å². The second-order valence-electron chi connectivity index (χ2n) is 8.92. The first-order valence-corrected chi connectivity index (χ1v) is 10.8. The SMILES string of the molecule is Cc1ccc([N+](=O)[O-])cc1N1C(=O)[C@@H]2C3c4ccccc4C([N+](=O)[O-])(c4ccccc43)[C@H]2C1=O. The molecule has 2 atom stereocenters. The van der Waals surface area contributed by atoms with E-state index in [9.17, 15) is 29.8 Å². The molecule has 7 rings (SSSR count). The van der Waals surface area contributed by atoms with Crippen molar-refractivity contribution in [3.8, 4) is 0 Å². The molecular formula is C25H17N3O6. The Hall–Kier alpha value is -4.40. The lowest BCUT2D eigenvalue weighted by Crippen LogP contribution is -2.57. The number of imide groups is 1. The summed E-state index contributed by atoms with van der Waals surface area (Å²) in [5.41, 5.74) is 0.550. The summed E-state index contributed by atoms with van der Waals surface area (Å²) in [7, 11) is 0. The van der Waals surface area contributed by atoms with Gasteiger partial charge < -0.3 is 0 Å². The van der Waals surface area contributed by atoms with Crippen molar-refractivity contribution in [3.63, 3.8) is 0 Å². The number of hydrogen-bond donors (Lipinski definition) is 0. The third-order valence-corrected chi connectivity index (χ3v) is 7.51. The first-order chi connectivity index (χ1) is 16.3. The lowest BCUT2D eigenvalue weighted by Gasteiger charge is -2.48. The second kappa shape index (κ2) is 6.57. The normalized spacial score (nSPS) is 26.1. The van der Waals surface area contributed by atoms with Crippen molar-refractivity contribution >= 4 is 23.2 Å². The van der Waals surface area contributed by atoms with Crippen LogP contribution >= 0.6 is 0 Å². The van der Waals surface area contributed by atoms with E-state index in [1.807, 2.05) is 0 Å². The number of carbonyl (C=O) groups excluding carboxylic acids is 2. The minimum Gasteiger partial charge on any atom is -0.274 e. The van der Waals surface area contributed by atoms with E-state index in [-0.39, 0.29) is 11.4 Å². The maximum atomic E-state index is 13.9. The van der Waals surface area contributed by atoms with E-state index in [2.05, 4.69) is 0 Å². The number of hydrogen-bond acceptors (Lipinski definition) is 6. The monoisotopic (exact) mass is 455 g/mol. The lowest BCUT2D eigenvalue weighted by molar-refractivity contribution is -0.578. The largest absolute Gasteiger partial charge is 0.285 e. The first-order valence-electron chi connectivity index (χ1n) is 10.8. The van der Waals surface area contributed by atoms with Gasteiger partial charge in [0.1, 0.15) is 5.92 Å². The van der Waals surface area contributed by atoms with Gasteiger partial charge in [-0.3, -0.25) is 29.8 Å². The predicted molar refractivity (Wildman–Crippen MR) is 120 cm³/mol. The molecule has 3 aromatic carbocycles. The Morgan fingerprint density at radius 2 is 1.44 bits per heavy atom. The van der Waals surface area contributed by atoms with Crippen LogP contribution in [0.5, 0.6) is 0 Å². The molecule has 3 aliphatic carbocycles. The summed E-state index contributed by atoms with van der Waals surface area (Å²) in [6.45, 7) is 1.64. The van der Waals surface area contributed by atoms with Gasteiger partial charge in [-0.1, -0.05) is 54.6 Å². The topological polar surface area (TPSA) is 124 Å². The van der Waals surface area contributed by atoms with E-state index in [1.165, 1.54) is 18.2 Å². The number of nitro groups is 2. The van der Waals surface area contributed by atoms with Gasteiger partial charge >= 0.3 is 0 Å². The Bertz CT molecular complexity index is 1420. The van der Waals surface area contributed by atoms with Crippen LogP contribution in [-0.2, 0) is 15.1 Å². The van der Waals surface area contributed by atoms with Crippen molar-refractivity contribution in [1.82, 2.24) is 0 Å². The van der Waals surface area contributed by atoms with Gasteiger partial charge in [-0.05, 0) is 23.6 Å². The number of anilines is 1. The summed E-state index contributed by atoms with van der Waals surface area (Å²) in [6.07, 6.45) is 0. The zero-order chi connectivity index (χ0) is 23.9. The van der Waals surface area contributed by atoms with Gasteiger partial charge in [-0.15, -0.1) is 0 Å². The molecule has 0 spiro atoms. The van der Waals surface area contributed by atoms with Gasteiger partial charge in [0.2, 0.25) is 11.8 Å². The number of benzene rings is 3. The molecule has 0 unspecified atom stereocenters. The summed E-state index contributed by atoms with van der Waals surface area (Å²) < 4.78 is 0. The molecule has 0 radical (unpaired) electrons. The summed E-state index contributed by atoms with van der Waals surface area (Å²) in [6, 6.07) is 17.8. The fourth-order valence-corrected chi connectivity index (χ4v) is 6.23. The third kappa shape index (κ3) is 2.18. The highest BCUT2D eigenvalue weighted by Crippen LogP contribution is 2.64. The van der Waals surface area contributed by atoms with E-state index in [1.54, 1.807) is 55.5 Å². The number of rotatable bonds is 3. The van der Waals surface area contributed by atoms with Gasteiger partial charge in [0.05, 0.1) is 16.5 Å². The molecule has 9 nitrogen and oxygen atoms in total. The molecule has 1 heterocycles. The predicted octanol–water partition coefficient (Wildman–Crippen LogP) is 3.69. The first kappa shape index (κ1) is 20.2. The Morgan fingerprint density at radius 3 is 2.00 bits per heavy atom. The number of carbonyl (C=O) groups is 2. The maximum absolute atomic E-state index is 13.9. The molecule has 0 aromatic heterocycles. The highest BCUT2D eigenvalue weighted by molar-refractivity contribution is 6.24. The summed E-state index contributed by atoms with van der Waals surface area (Å²) in [5, 5.41) is 24.3. The van der Waals surface area contributed by atoms with E-state index in [0.717, 1.165) is 4.90 Å². The quantitative estimate of drug-likeness (QED) is 0.337. The fourth-order valence-electron chi connectivity index (χ4n) is 6.23. The number of nitrogens with zero attached hydrogens (tertiary/aromatic N) is 3. The van der Waals surface area contributed by atoms with Crippen molar-refractivity contribution in [2.45, 2.75) is 18.4 Å². The summed E-state index contributed by atoms with van der Waals surface area (Å²) in [5.74, 6) is -4.05. The average Bonchev–Trinajstić information content (AvgIpc) is 3.10. The zero-order valence-electron chi connectivity index (χ0n) is 17.9. The van der Waals surface area contributed by atoms with Crippen molar-refractivity contribution in [2.75, 3.05) is 4.90 Å². The summed E-state index contributed by atoms with van der Waals surface area (Å²) in [4.78, 5) is 52.0. The van der Waals surface area contributed by atoms with Gasteiger partial charge in [0, 0.05) is 34.1 Å². The molecule has 1 aliphatic heterocycles. The van der Waals surface area contributed by atoms with E-state index in [0.29, 0.717) is 27.8 Å². The minimum atomic E-state index is -1.93. The van der Waals surface area contributed by atoms with E-state index >= 15 is 0 Å². The third-order valence-electron chi connectivity index (χ3n) is 7.51. The number of nitro benzene ring substituents is 1. The molecule has 9 heteroatoms. The zero-order valence-corrected chi connectivity index (χ0v) is 17.9. The van der Waals surface area contributed by atoms with Crippen LogP contribution in [-0.4, -0.2) is 21.7 Å². The van der Waals surface area contributed by atoms with E-state index in [4.69, 9.17) is 0 Å². The van der Waals surface area contributed by atoms with Gasteiger partial charge in [0.15, 0.2) is 0 Å².